The van der Waals surface area contributed by atoms with E-state index in [1.165, 1.54) is 12.1 Å². The van der Waals surface area contributed by atoms with Gasteiger partial charge in [0.05, 0.1) is 29.3 Å². The third-order valence-electron chi connectivity index (χ3n) is 5.97. The SMILES string of the molecule is C=C1CN(C(N)=Nc2ccc3c(=O)n(CCc4ccc(F)cc4)c(-c4cnccn4)nc3c2)CCN1. The van der Waals surface area contributed by atoms with Crippen LogP contribution in [0.5, 0.6) is 0 Å². The quantitative estimate of drug-likeness (QED) is 0.331. The topological polar surface area (TPSA) is 114 Å². The standard InChI is InChI=1S/C26H25FN8O/c1-17-16-34(13-11-30-17)26(28)32-20-6-7-21-22(14-20)33-24(23-15-29-9-10-31-23)35(25(21)36)12-8-18-2-4-19(27)5-3-18/h2-7,9-10,14-15,30H,1,8,11-13,16H2,(H2,28,32). The third kappa shape index (κ3) is 4.92. The second kappa shape index (κ2) is 9.95. The van der Waals surface area contributed by atoms with Crippen molar-refractivity contribution in [2.75, 3.05) is 19.6 Å². The number of nitrogens with two attached hydrogens (primary N) is 1. The summed E-state index contributed by atoms with van der Waals surface area (Å²) in [6.07, 6.45) is 5.21. The predicted molar refractivity (Wildman–Crippen MR) is 137 cm³/mol. The molecule has 0 spiro atoms. The normalized spacial score (nSPS) is 14.2. The van der Waals surface area contributed by atoms with Crippen molar-refractivity contribution in [3.63, 3.8) is 0 Å². The van der Waals surface area contributed by atoms with Crippen LogP contribution in [0.3, 0.4) is 0 Å². The highest BCUT2D eigenvalue weighted by atomic mass is 19.1. The number of nitrogens with zero attached hydrogens (tertiary/aromatic N) is 6. The van der Waals surface area contributed by atoms with Crippen LogP contribution in [0.15, 0.2) is 83.1 Å². The van der Waals surface area contributed by atoms with E-state index in [-0.39, 0.29) is 11.4 Å². The van der Waals surface area contributed by atoms with Crippen LogP contribution in [0, 0.1) is 5.82 Å². The first kappa shape index (κ1) is 23.2. The molecule has 2 aromatic heterocycles. The zero-order valence-corrected chi connectivity index (χ0v) is 19.6. The minimum absolute atomic E-state index is 0.204. The van der Waals surface area contributed by atoms with E-state index >= 15 is 0 Å². The maximum atomic E-state index is 13.5. The summed E-state index contributed by atoms with van der Waals surface area (Å²) >= 11 is 0. The highest BCUT2D eigenvalue weighted by molar-refractivity contribution is 5.86. The lowest BCUT2D eigenvalue weighted by Gasteiger charge is -2.30. The summed E-state index contributed by atoms with van der Waals surface area (Å²) in [7, 11) is 0. The summed E-state index contributed by atoms with van der Waals surface area (Å²) < 4.78 is 14.9. The molecule has 0 radical (unpaired) electrons. The molecule has 1 aliphatic heterocycles. The number of hydrogen-bond acceptors (Lipinski definition) is 6. The van der Waals surface area contributed by atoms with Crippen LogP contribution < -0.4 is 16.6 Å². The van der Waals surface area contributed by atoms with Crippen LogP contribution in [0.4, 0.5) is 10.1 Å². The maximum Gasteiger partial charge on any atom is 0.261 e. The average Bonchev–Trinajstić information content (AvgIpc) is 2.89. The number of aliphatic imine (C=N–C) groups is 1. The molecule has 0 unspecified atom stereocenters. The molecule has 1 aliphatic rings. The summed E-state index contributed by atoms with van der Waals surface area (Å²) in [5.74, 6) is 0.471. The molecule has 10 heteroatoms. The maximum absolute atomic E-state index is 13.5. The minimum Gasteiger partial charge on any atom is -0.386 e. The van der Waals surface area contributed by atoms with Gasteiger partial charge in [-0.3, -0.25) is 14.3 Å². The molecule has 3 heterocycles. The van der Waals surface area contributed by atoms with Crippen molar-refractivity contribution in [2.45, 2.75) is 13.0 Å². The number of fused-ring (bicyclic) bond motifs is 1. The van der Waals surface area contributed by atoms with Crippen molar-refractivity contribution < 1.29 is 4.39 Å². The minimum atomic E-state index is -0.301. The molecule has 3 N–H and O–H groups in total. The molecular formula is C26H25FN8O. The molecule has 182 valence electrons. The van der Waals surface area contributed by atoms with E-state index < -0.39 is 0 Å². The van der Waals surface area contributed by atoms with Crippen molar-refractivity contribution in [1.29, 1.82) is 0 Å². The van der Waals surface area contributed by atoms with Gasteiger partial charge in [0.1, 0.15) is 11.5 Å². The molecule has 0 atom stereocenters. The Bertz CT molecular complexity index is 1500. The highest BCUT2D eigenvalue weighted by Crippen LogP contribution is 2.22. The number of hydrogen-bond donors (Lipinski definition) is 2. The van der Waals surface area contributed by atoms with Gasteiger partial charge >= 0.3 is 0 Å². The van der Waals surface area contributed by atoms with Gasteiger partial charge in [-0.1, -0.05) is 18.7 Å². The fourth-order valence-electron chi connectivity index (χ4n) is 4.12. The van der Waals surface area contributed by atoms with Gasteiger partial charge in [-0.15, -0.1) is 0 Å². The van der Waals surface area contributed by atoms with Gasteiger partial charge in [-0.2, -0.15) is 0 Å². The molecule has 4 aromatic rings. The molecule has 36 heavy (non-hydrogen) atoms. The number of piperazine rings is 1. The van der Waals surface area contributed by atoms with Crippen LogP contribution in [0.2, 0.25) is 0 Å². The van der Waals surface area contributed by atoms with Gasteiger partial charge in [-0.25, -0.2) is 19.4 Å². The van der Waals surface area contributed by atoms with Crippen LogP contribution in [0.25, 0.3) is 22.4 Å². The highest BCUT2D eigenvalue weighted by Gasteiger charge is 2.16. The summed E-state index contributed by atoms with van der Waals surface area (Å²) in [5.41, 5.74) is 9.38. The summed E-state index contributed by atoms with van der Waals surface area (Å²) in [5, 5.41) is 3.64. The Hall–Kier alpha value is -4.60. The number of aromatic nitrogens is 4. The lowest BCUT2D eigenvalue weighted by Crippen LogP contribution is -2.47. The second-order valence-corrected chi connectivity index (χ2v) is 8.48. The van der Waals surface area contributed by atoms with Gasteiger partial charge in [0, 0.05) is 37.7 Å². The second-order valence-electron chi connectivity index (χ2n) is 8.48. The van der Waals surface area contributed by atoms with E-state index in [1.807, 2.05) is 4.90 Å². The van der Waals surface area contributed by atoms with Crippen molar-refractivity contribution in [2.24, 2.45) is 10.7 Å². The number of rotatable bonds is 5. The smallest absolute Gasteiger partial charge is 0.261 e. The Morgan fingerprint density at radius 1 is 1.19 bits per heavy atom. The van der Waals surface area contributed by atoms with Crippen LogP contribution in [-0.4, -0.2) is 50.0 Å². The van der Waals surface area contributed by atoms with Crippen LogP contribution >= 0.6 is 0 Å². The Labute approximate surface area is 206 Å². The van der Waals surface area contributed by atoms with E-state index in [4.69, 9.17) is 10.7 Å². The van der Waals surface area contributed by atoms with Crippen molar-refractivity contribution in [1.82, 2.24) is 29.7 Å². The number of aryl methyl sites for hydroxylation is 1. The van der Waals surface area contributed by atoms with Crippen LogP contribution in [-0.2, 0) is 13.0 Å². The third-order valence-corrected chi connectivity index (χ3v) is 5.97. The molecule has 0 saturated carbocycles. The summed E-state index contributed by atoms with van der Waals surface area (Å²) in [6.45, 7) is 6.34. The molecule has 0 bridgehead atoms. The first-order chi connectivity index (χ1) is 17.5. The summed E-state index contributed by atoms with van der Waals surface area (Å²) in [6, 6.07) is 11.4. The van der Waals surface area contributed by atoms with E-state index in [1.54, 1.807) is 53.5 Å². The van der Waals surface area contributed by atoms with E-state index in [2.05, 4.69) is 26.9 Å². The fourth-order valence-corrected chi connectivity index (χ4v) is 4.12. The fraction of sp³-hybridized carbons (Fsp3) is 0.192. The Kier molecular flexibility index (Phi) is 6.40. The first-order valence-corrected chi connectivity index (χ1v) is 11.5. The molecule has 0 amide bonds. The number of guanidine groups is 1. The van der Waals surface area contributed by atoms with E-state index in [0.29, 0.717) is 53.6 Å². The summed E-state index contributed by atoms with van der Waals surface area (Å²) in [4.78, 5) is 33.3. The van der Waals surface area contributed by atoms with Crippen molar-refractivity contribution >= 4 is 22.5 Å². The van der Waals surface area contributed by atoms with Gasteiger partial charge in [0.2, 0.25) is 0 Å². The molecule has 5 rings (SSSR count). The molecule has 0 aliphatic carbocycles. The molecule has 9 nitrogen and oxygen atoms in total. The van der Waals surface area contributed by atoms with Crippen LogP contribution in [0.1, 0.15) is 5.56 Å². The zero-order valence-electron chi connectivity index (χ0n) is 19.6. The van der Waals surface area contributed by atoms with E-state index in [0.717, 1.165) is 24.4 Å². The zero-order chi connectivity index (χ0) is 25.1. The number of halogens is 1. The Balaban J connectivity index is 1.54. The van der Waals surface area contributed by atoms with Crippen molar-refractivity contribution in [3.8, 4) is 11.5 Å². The predicted octanol–water partition coefficient (Wildman–Crippen LogP) is 2.60. The number of nitrogens with one attached hydrogen (secondary N) is 1. The Morgan fingerprint density at radius 2 is 2.03 bits per heavy atom. The molecular weight excluding hydrogens is 459 g/mol. The van der Waals surface area contributed by atoms with Gasteiger partial charge in [0.25, 0.3) is 5.56 Å². The van der Waals surface area contributed by atoms with E-state index in [9.17, 15) is 9.18 Å². The number of benzene rings is 2. The molecule has 2 aromatic carbocycles. The van der Waals surface area contributed by atoms with Gasteiger partial charge in [-0.05, 0) is 42.3 Å². The monoisotopic (exact) mass is 484 g/mol. The largest absolute Gasteiger partial charge is 0.386 e. The average molecular weight is 485 g/mol. The van der Waals surface area contributed by atoms with Gasteiger partial charge < -0.3 is 16.0 Å². The van der Waals surface area contributed by atoms with Gasteiger partial charge in [0.15, 0.2) is 11.8 Å². The molecule has 1 fully saturated rings. The van der Waals surface area contributed by atoms with Crippen molar-refractivity contribution in [3.05, 3.63) is 95.1 Å². The first-order valence-electron chi connectivity index (χ1n) is 11.5. The lowest BCUT2D eigenvalue weighted by atomic mass is 10.1. The lowest BCUT2D eigenvalue weighted by molar-refractivity contribution is 0.394. The Morgan fingerprint density at radius 3 is 2.78 bits per heavy atom. The molecule has 1 saturated heterocycles.